The third kappa shape index (κ3) is 3.85. The number of aromatic nitrogens is 2. The van der Waals surface area contributed by atoms with E-state index in [4.69, 9.17) is 4.74 Å². The topological polar surface area (TPSA) is 68.2 Å². The van der Waals surface area contributed by atoms with E-state index in [0.29, 0.717) is 11.6 Å². The monoisotopic (exact) mass is 350 g/mol. The van der Waals surface area contributed by atoms with Crippen LogP contribution in [0.15, 0.2) is 60.9 Å². The number of carbonyl (C=O) groups excluding carboxylic acids is 1. The van der Waals surface area contributed by atoms with Gasteiger partial charge in [-0.3, -0.25) is 0 Å². The first kappa shape index (κ1) is 17.5. The minimum Gasteiger partial charge on any atom is -0.496 e. The van der Waals surface area contributed by atoms with Gasteiger partial charge in [-0.25, -0.2) is 9.78 Å². The fourth-order valence-electron chi connectivity index (χ4n) is 2.86. The zero-order valence-electron chi connectivity index (χ0n) is 15.1. The minimum absolute atomic E-state index is 0.311. The zero-order valence-corrected chi connectivity index (χ0v) is 15.1. The van der Waals surface area contributed by atoms with Gasteiger partial charge in [0.25, 0.3) is 0 Å². The van der Waals surface area contributed by atoms with Gasteiger partial charge >= 0.3 is 6.03 Å². The van der Waals surface area contributed by atoms with Crippen LogP contribution in [0.25, 0.3) is 0 Å². The molecule has 1 aromatic heterocycles. The van der Waals surface area contributed by atoms with E-state index in [1.165, 1.54) is 0 Å². The summed E-state index contributed by atoms with van der Waals surface area (Å²) in [4.78, 5) is 17.0. The number of rotatable bonds is 5. The number of amides is 2. The summed E-state index contributed by atoms with van der Waals surface area (Å²) in [5, 5.41) is 5.88. The molecule has 0 saturated carbocycles. The maximum Gasteiger partial charge on any atom is 0.320 e. The highest BCUT2D eigenvalue weighted by atomic mass is 16.5. The number of nitrogens with zero attached hydrogens (tertiary/aromatic N) is 2. The highest BCUT2D eigenvalue weighted by molar-refractivity contribution is 5.89. The highest BCUT2D eigenvalue weighted by Gasteiger charge is 2.23. The van der Waals surface area contributed by atoms with Crippen LogP contribution in [0, 0.1) is 6.92 Å². The molecule has 2 aromatic carbocycles. The van der Waals surface area contributed by atoms with Crippen LogP contribution in [-0.4, -0.2) is 22.7 Å². The molecule has 2 amide bonds. The van der Waals surface area contributed by atoms with Crippen molar-refractivity contribution in [1.82, 2.24) is 14.9 Å². The lowest BCUT2D eigenvalue weighted by Gasteiger charge is -2.21. The van der Waals surface area contributed by atoms with Gasteiger partial charge in [0.1, 0.15) is 17.6 Å². The molecule has 0 radical (unpaired) electrons. The molecule has 0 aliphatic heterocycles. The van der Waals surface area contributed by atoms with Gasteiger partial charge in [-0.15, -0.1) is 0 Å². The summed E-state index contributed by atoms with van der Waals surface area (Å²) < 4.78 is 7.35. The van der Waals surface area contributed by atoms with Crippen LogP contribution in [0.5, 0.6) is 5.75 Å². The van der Waals surface area contributed by atoms with Gasteiger partial charge in [0.2, 0.25) is 0 Å². The van der Waals surface area contributed by atoms with Crippen molar-refractivity contribution in [2.45, 2.75) is 13.0 Å². The Morgan fingerprint density at radius 3 is 2.69 bits per heavy atom. The van der Waals surface area contributed by atoms with Crippen LogP contribution in [0.1, 0.15) is 23.0 Å². The molecule has 0 saturated heterocycles. The molecule has 1 heterocycles. The van der Waals surface area contributed by atoms with Crippen molar-refractivity contribution in [2.24, 2.45) is 7.05 Å². The molecule has 0 aliphatic carbocycles. The molecule has 6 nitrogen and oxygen atoms in total. The van der Waals surface area contributed by atoms with E-state index >= 15 is 0 Å². The molecule has 0 bridgehead atoms. The van der Waals surface area contributed by atoms with Crippen LogP contribution in [0.3, 0.4) is 0 Å². The predicted octanol–water partition coefficient (Wildman–Crippen LogP) is 3.65. The molecule has 26 heavy (non-hydrogen) atoms. The fourth-order valence-corrected chi connectivity index (χ4v) is 2.86. The van der Waals surface area contributed by atoms with E-state index in [1.807, 2.05) is 73.3 Å². The van der Waals surface area contributed by atoms with Crippen molar-refractivity contribution in [3.8, 4) is 5.75 Å². The van der Waals surface area contributed by atoms with E-state index in [0.717, 1.165) is 16.8 Å². The SMILES string of the molecule is COc1ccccc1[C@H](NC(=O)Nc1cccc(C)c1)c1nccn1C. The van der Waals surface area contributed by atoms with Crippen molar-refractivity contribution in [3.63, 3.8) is 0 Å². The normalized spacial score (nSPS) is 11.7. The molecule has 0 aliphatic rings. The largest absolute Gasteiger partial charge is 0.496 e. The first-order valence-electron chi connectivity index (χ1n) is 8.33. The zero-order chi connectivity index (χ0) is 18.5. The molecule has 3 aromatic rings. The minimum atomic E-state index is -0.448. The second-order valence-electron chi connectivity index (χ2n) is 6.04. The third-order valence-corrected chi connectivity index (χ3v) is 4.12. The lowest BCUT2D eigenvalue weighted by Crippen LogP contribution is -2.34. The molecule has 0 spiro atoms. The van der Waals surface area contributed by atoms with Crippen LogP contribution >= 0.6 is 0 Å². The first-order valence-corrected chi connectivity index (χ1v) is 8.33. The van der Waals surface area contributed by atoms with E-state index in [2.05, 4.69) is 15.6 Å². The van der Waals surface area contributed by atoms with Crippen molar-refractivity contribution in [2.75, 3.05) is 12.4 Å². The van der Waals surface area contributed by atoms with Crippen LogP contribution in [-0.2, 0) is 7.05 Å². The number of ether oxygens (including phenoxy) is 1. The molecule has 3 rings (SSSR count). The average Bonchev–Trinajstić information content (AvgIpc) is 3.05. The summed E-state index contributed by atoms with van der Waals surface area (Å²) in [6, 6.07) is 14.5. The predicted molar refractivity (Wildman–Crippen MR) is 101 cm³/mol. The molecular weight excluding hydrogens is 328 g/mol. The number of hydrogen-bond acceptors (Lipinski definition) is 3. The second kappa shape index (κ2) is 7.74. The second-order valence-corrected chi connectivity index (χ2v) is 6.04. The Morgan fingerprint density at radius 1 is 1.19 bits per heavy atom. The summed E-state index contributed by atoms with van der Waals surface area (Å²) in [6.45, 7) is 1.98. The third-order valence-electron chi connectivity index (χ3n) is 4.12. The van der Waals surface area contributed by atoms with Gasteiger partial charge in [0, 0.05) is 30.7 Å². The molecular formula is C20H22N4O2. The Labute approximate surface area is 152 Å². The van der Waals surface area contributed by atoms with Gasteiger partial charge in [0.05, 0.1) is 7.11 Å². The maximum atomic E-state index is 12.6. The molecule has 0 unspecified atom stereocenters. The highest BCUT2D eigenvalue weighted by Crippen LogP contribution is 2.29. The van der Waals surface area contributed by atoms with Crippen LogP contribution in [0.4, 0.5) is 10.5 Å². The van der Waals surface area contributed by atoms with E-state index < -0.39 is 6.04 Å². The van der Waals surface area contributed by atoms with Crippen molar-refractivity contribution in [3.05, 3.63) is 77.9 Å². The van der Waals surface area contributed by atoms with Gasteiger partial charge < -0.3 is 19.9 Å². The van der Waals surface area contributed by atoms with Gasteiger partial charge in [-0.05, 0) is 30.7 Å². The van der Waals surface area contributed by atoms with Crippen molar-refractivity contribution in [1.29, 1.82) is 0 Å². The average molecular weight is 350 g/mol. The number of benzene rings is 2. The molecule has 6 heteroatoms. The Balaban J connectivity index is 1.89. The molecule has 0 fully saturated rings. The Hall–Kier alpha value is -3.28. The van der Waals surface area contributed by atoms with E-state index in [9.17, 15) is 4.79 Å². The number of methoxy groups -OCH3 is 1. The molecule has 1 atom stereocenters. The summed E-state index contributed by atoms with van der Waals surface area (Å²) in [7, 11) is 3.51. The molecule has 2 N–H and O–H groups in total. The number of carbonyl (C=O) groups is 1. The standard InChI is InChI=1S/C20H22N4O2/c1-14-7-6-8-15(13-14)22-20(25)23-18(19-21-11-12-24(19)2)16-9-4-5-10-17(16)26-3/h4-13,18H,1-3H3,(H2,22,23,25)/t18-/m0/s1. The number of urea groups is 1. The lowest BCUT2D eigenvalue weighted by molar-refractivity contribution is 0.249. The van der Waals surface area contributed by atoms with E-state index in [-0.39, 0.29) is 6.03 Å². The number of para-hydroxylation sites is 1. The lowest BCUT2D eigenvalue weighted by atomic mass is 10.0. The van der Waals surface area contributed by atoms with Crippen molar-refractivity contribution >= 4 is 11.7 Å². The number of imidazole rings is 1. The van der Waals surface area contributed by atoms with Gasteiger partial charge in [-0.2, -0.15) is 0 Å². The number of hydrogen-bond donors (Lipinski definition) is 2. The van der Waals surface area contributed by atoms with Gasteiger partial charge in [-0.1, -0.05) is 30.3 Å². The molecule has 134 valence electrons. The summed E-state index contributed by atoms with van der Waals surface area (Å²) >= 11 is 0. The fraction of sp³-hybridized carbons (Fsp3) is 0.200. The quantitative estimate of drug-likeness (QED) is 0.738. The smallest absolute Gasteiger partial charge is 0.320 e. The maximum absolute atomic E-state index is 12.6. The number of aryl methyl sites for hydroxylation is 2. The van der Waals surface area contributed by atoms with Crippen LogP contribution < -0.4 is 15.4 Å². The summed E-state index contributed by atoms with van der Waals surface area (Å²) in [5.41, 5.74) is 2.65. The van der Waals surface area contributed by atoms with E-state index in [1.54, 1.807) is 13.3 Å². The van der Waals surface area contributed by atoms with Crippen molar-refractivity contribution < 1.29 is 9.53 Å². The summed E-state index contributed by atoms with van der Waals surface area (Å²) in [5.74, 6) is 1.41. The Morgan fingerprint density at radius 2 is 2.00 bits per heavy atom. The Bertz CT molecular complexity index is 904. The van der Waals surface area contributed by atoms with Gasteiger partial charge in [0.15, 0.2) is 0 Å². The Kier molecular flexibility index (Phi) is 5.22. The van der Waals surface area contributed by atoms with Crippen LogP contribution in [0.2, 0.25) is 0 Å². The summed E-state index contributed by atoms with van der Waals surface area (Å²) in [6.07, 6.45) is 3.55. The first-order chi connectivity index (χ1) is 12.6. The number of anilines is 1. The number of nitrogens with one attached hydrogen (secondary N) is 2.